The van der Waals surface area contributed by atoms with Gasteiger partial charge in [0, 0.05) is 19.3 Å². The molecular weight excluding hydrogens is 222 g/mol. The van der Waals surface area contributed by atoms with E-state index in [0.29, 0.717) is 5.41 Å². The summed E-state index contributed by atoms with van der Waals surface area (Å²) in [7, 11) is 0. The van der Waals surface area contributed by atoms with Gasteiger partial charge < -0.3 is 10.1 Å². The van der Waals surface area contributed by atoms with Crippen LogP contribution < -0.4 is 5.32 Å². The molecule has 2 heteroatoms. The van der Waals surface area contributed by atoms with Crippen LogP contribution in [0, 0.1) is 11.3 Å². The highest BCUT2D eigenvalue weighted by Gasteiger charge is 2.27. The van der Waals surface area contributed by atoms with Crippen LogP contribution in [0.1, 0.15) is 66.2 Å². The van der Waals surface area contributed by atoms with E-state index in [1.165, 1.54) is 32.1 Å². The fourth-order valence-electron chi connectivity index (χ4n) is 3.00. The lowest BCUT2D eigenvalue weighted by Crippen LogP contribution is -2.30. The van der Waals surface area contributed by atoms with E-state index in [0.717, 1.165) is 38.1 Å². The Morgan fingerprint density at radius 2 is 1.89 bits per heavy atom. The topological polar surface area (TPSA) is 21.3 Å². The van der Waals surface area contributed by atoms with E-state index in [9.17, 15) is 0 Å². The third-order valence-electron chi connectivity index (χ3n) is 4.30. The van der Waals surface area contributed by atoms with Crippen LogP contribution in [0.4, 0.5) is 0 Å². The average molecular weight is 255 g/mol. The Labute approximate surface area is 114 Å². The second kappa shape index (κ2) is 8.16. The number of nitrogens with one attached hydrogen (secondary N) is 1. The molecule has 2 atom stereocenters. The molecule has 2 nitrogen and oxygen atoms in total. The van der Waals surface area contributed by atoms with Gasteiger partial charge in [-0.15, -0.1) is 0 Å². The van der Waals surface area contributed by atoms with Gasteiger partial charge >= 0.3 is 0 Å². The van der Waals surface area contributed by atoms with Crippen LogP contribution in [0.5, 0.6) is 0 Å². The van der Waals surface area contributed by atoms with E-state index in [-0.39, 0.29) is 0 Å². The molecule has 0 aromatic heterocycles. The van der Waals surface area contributed by atoms with E-state index in [1.807, 2.05) is 0 Å². The lowest BCUT2D eigenvalue weighted by molar-refractivity contribution is 0.144. The molecular formula is C16H33NO. The Balaban J connectivity index is 2.17. The van der Waals surface area contributed by atoms with Crippen molar-refractivity contribution in [2.75, 3.05) is 19.8 Å². The van der Waals surface area contributed by atoms with Gasteiger partial charge in [0.15, 0.2) is 0 Å². The van der Waals surface area contributed by atoms with E-state index >= 15 is 0 Å². The minimum Gasteiger partial charge on any atom is -0.382 e. The zero-order valence-electron chi connectivity index (χ0n) is 12.9. The van der Waals surface area contributed by atoms with Gasteiger partial charge in [0.2, 0.25) is 0 Å². The molecule has 1 N–H and O–H groups in total. The number of ether oxygens (including phenoxy) is 1. The third-order valence-corrected chi connectivity index (χ3v) is 4.30. The Kier molecular flexibility index (Phi) is 7.25. The highest BCUT2D eigenvalue weighted by atomic mass is 16.5. The largest absolute Gasteiger partial charge is 0.382 e. The molecule has 2 unspecified atom stereocenters. The minimum atomic E-state index is 0.490. The van der Waals surface area contributed by atoms with Crippen LogP contribution in [-0.4, -0.2) is 25.8 Å². The molecule has 18 heavy (non-hydrogen) atoms. The van der Waals surface area contributed by atoms with Crippen LogP contribution in [0.3, 0.4) is 0 Å². The highest BCUT2D eigenvalue weighted by Crippen LogP contribution is 2.36. The number of hydrogen-bond acceptors (Lipinski definition) is 2. The fraction of sp³-hybridized carbons (Fsp3) is 1.00. The lowest BCUT2D eigenvalue weighted by atomic mass is 9.76. The smallest absolute Gasteiger partial charge is 0.0477 e. The molecule has 0 aromatic carbocycles. The normalized spacial score (nSPS) is 26.0. The molecule has 0 radical (unpaired) electrons. The Hall–Kier alpha value is -0.0800. The van der Waals surface area contributed by atoms with Crippen LogP contribution in [0.25, 0.3) is 0 Å². The van der Waals surface area contributed by atoms with Crippen molar-refractivity contribution in [3.8, 4) is 0 Å². The summed E-state index contributed by atoms with van der Waals surface area (Å²) in [6.45, 7) is 12.1. The van der Waals surface area contributed by atoms with Crippen molar-refractivity contribution in [1.82, 2.24) is 5.32 Å². The van der Waals surface area contributed by atoms with Crippen molar-refractivity contribution in [1.29, 1.82) is 0 Å². The average Bonchev–Trinajstić information content (AvgIpc) is 2.53. The maximum Gasteiger partial charge on any atom is 0.0477 e. The first-order valence-corrected chi connectivity index (χ1v) is 7.85. The summed E-state index contributed by atoms with van der Waals surface area (Å²) in [5.74, 6) is 0.910. The predicted molar refractivity (Wildman–Crippen MR) is 78.9 cm³/mol. The van der Waals surface area contributed by atoms with Crippen LogP contribution in [-0.2, 0) is 4.74 Å². The molecule has 0 bridgehead atoms. The Morgan fingerprint density at radius 1 is 1.11 bits per heavy atom. The first kappa shape index (κ1) is 16.0. The molecule has 0 aliphatic heterocycles. The first-order chi connectivity index (χ1) is 8.54. The van der Waals surface area contributed by atoms with Gasteiger partial charge in [0.05, 0.1) is 0 Å². The van der Waals surface area contributed by atoms with Crippen molar-refractivity contribution in [2.45, 2.75) is 72.3 Å². The summed E-state index contributed by atoms with van der Waals surface area (Å²) in [5, 5.41) is 3.71. The molecule has 108 valence electrons. The molecule has 1 rings (SSSR count). The Bertz CT molecular complexity index is 210. The molecule has 0 aromatic rings. The van der Waals surface area contributed by atoms with Crippen LogP contribution in [0.15, 0.2) is 0 Å². The molecule has 1 fully saturated rings. The van der Waals surface area contributed by atoms with Crippen molar-refractivity contribution >= 4 is 0 Å². The third kappa shape index (κ3) is 6.19. The summed E-state index contributed by atoms with van der Waals surface area (Å²) in [6, 6.07) is 0.749. The molecule has 0 saturated heterocycles. The molecule has 0 amide bonds. The zero-order chi connectivity index (χ0) is 13.4. The maximum absolute atomic E-state index is 5.37. The van der Waals surface area contributed by atoms with E-state index < -0.39 is 0 Å². The van der Waals surface area contributed by atoms with E-state index in [2.05, 4.69) is 33.0 Å². The SMILES string of the molecule is CCOCCCNC1CCCC(C(C)(C)C)CC1. The van der Waals surface area contributed by atoms with Gasteiger partial charge in [-0.1, -0.05) is 27.2 Å². The lowest BCUT2D eigenvalue weighted by Gasteiger charge is -2.29. The van der Waals surface area contributed by atoms with Crippen molar-refractivity contribution < 1.29 is 4.74 Å². The van der Waals surface area contributed by atoms with Gasteiger partial charge in [-0.2, -0.15) is 0 Å². The summed E-state index contributed by atoms with van der Waals surface area (Å²) in [6.07, 6.45) is 8.07. The monoisotopic (exact) mass is 255 g/mol. The van der Waals surface area contributed by atoms with Gasteiger partial charge in [0.25, 0.3) is 0 Å². The van der Waals surface area contributed by atoms with Gasteiger partial charge in [-0.25, -0.2) is 0 Å². The maximum atomic E-state index is 5.37. The van der Waals surface area contributed by atoms with Crippen LogP contribution in [0.2, 0.25) is 0 Å². The van der Waals surface area contributed by atoms with E-state index in [4.69, 9.17) is 4.74 Å². The van der Waals surface area contributed by atoms with Gasteiger partial charge in [0.1, 0.15) is 0 Å². The Morgan fingerprint density at radius 3 is 2.56 bits per heavy atom. The highest BCUT2D eigenvalue weighted by molar-refractivity contribution is 4.81. The molecule has 0 heterocycles. The minimum absolute atomic E-state index is 0.490. The van der Waals surface area contributed by atoms with Crippen molar-refractivity contribution in [3.63, 3.8) is 0 Å². The molecule has 1 saturated carbocycles. The van der Waals surface area contributed by atoms with Crippen LogP contribution >= 0.6 is 0 Å². The van der Waals surface area contributed by atoms with Crippen molar-refractivity contribution in [3.05, 3.63) is 0 Å². The summed E-state index contributed by atoms with van der Waals surface area (Å²) >= 11 is 0. The summed E-state index contributed by atoms with van der Waals surface area (Å²) in [5.41, 5.74) is 0.490. The quantitative estimate of drug-likeness (QED) is 0.572. The van der Waals surface area contributed by atoms with E-state index in [1.54, 1.807) is 0 Å². The van der Waals surface area contributed by atoms with Gasteiger partial charge in [-0.05, 0) is 56.9 Å². The second-order valence-corrected chi connectivity index (χ2v) is 6.77. The second-order valence-electron chi connectivity index (χ2n) is 6.77. The zero-order valence-corrected chi connectivity index (χ0v) is 12.9. The standard InChI is InChI=1S/C16H33NO/c1-5-18-13-7-12-17-15-9-6-8-14(10-11-15)16(2,3)4/h14-15,17H,5-13H2,1-4H3. The summed E-state index contributed by atoms with van der Waals surface area (Å²) in [4.78, 5) is 0. The predicted octanol–water partition coefficient (Wildman–Crippen LogP) is 4.00. The molecule has 0 spiro atoms. The van der Waals surface area contributed by atoms with Crippen molar-refractivity contribution in [2.24, 2.45) is 11.3 Å². The fourth-order valence-corrected chi connectivity index (χ4v) is 3.00. The van der Waals surface area contributed by atoms with Gasteiger partial charge in [-0.3, -0.25) is 0 Å². The molecule has 1 aliphatic carbocycles. The first-order valence-electron chi connectivity index (χ1n) is 7.85. The summed E-state index contributed by atoms with van der Waals surface area (Å²) < 4.78 is 5.37. The molecule has 1 aliphatic rings. The number of rotatable bonds is 6. The number of hydrogen-bond donors (Lipinski definition) is 1.